The second-order valence-electron chi connectivity index (χ2n) is 7.45. The van der Waals surface area contributed by atoms with Crippen LogP contribution >= 0.6 is 11.6 Å². The van der Waals surface area contributed by atoms with Gasteiger partial charge in [0.2, 0.25) is 0 Å². The molecule has 4 rings (SSSR count). The number of carboxylic acid groups (broad SMARTS) is 1. The molecule has 1 unspecified atom stereocenters. The van der Waals surface area contributed by atoms with Gasteiger partial charge in [-0.05, 0) is 43.6 Å². The van der Waals surface area contributed by atoms with Crippen molar-refractivity contribution >= 4 is 23.2 Å². The fourth-order valence-corrected chi connectivity index (χ4v) is 4.56. The first kappa shape index (κ1) is 18.7. The van der Waals surface area contributed by atoms with E-state index in [0.717, 1.165) is 49.0 Å². The van der Waals surface area contributed by atoms with E-state index in [1.165, 1.54) is 0 Å². The SMILES string of the molecule is O=C(O)NC(Cc1ccccc1)C1CCC(c2ncc3c(Cl)nccn23)CC1. The number of imidazole rings is 1. The van der Waals surface area contributed by atoms with Gasteiger partial charge in [-0.2, -0.15) is 0 Å². The summed E-state index contributed by atoms with van der Waals surface area (Å²) in [5.74, 6) is 1.69. The van der Waals surface area contributed by atoms with Crippen molar-refractivity contribution in [3.63, 3.8) is 0 Å². The molecule has 146 valence electrons. The van der Waals surface area contributed by atoms with Gasteiger partial charge in [-0.15, -0.1) is 0 Å². The van der Waals surface area contributed by atoms with E-state index in [4.69, 9.17) is 11.6 Å². The molecule has 1 fully saturated rings. The zero-order chi connectivity index (χ0) is 19.5. The summed E-state index contributed by atoms with van der Waals surface area (Å²) < 4.78 is 2.03. The van der Waals surface area contributed by atoms with Gasteiger partial charge in [0, 0.05) is 24.4 Å². The molecule has 2 heterocycles. The van der Waals surface area contributed by atoms with Gasteiger partial charge in [-0.25, -0.2) is 14.8 Å². The van der Waals surface area contributed by atoms with Gasteiger partial charge in [0.15, 0.2) is 5.15 Å². The molecule has 7 heteroatoms. The Morgan fingerprint density at radius 2 is 1.96 bits per heavy atom. The van der Waals surface area contributed by atoms with Crippen LogP contribution in [0.2, 0.25) is 5.15 Å². The van der Waals surface area contributed by atoms with E-state index in [9.17, 15) is 9.90 Å². The van der Waals surface area contributed by atoms with Crippen molar-refractivity contribution < 1.29 is 9.90 Å². The van der Waals surface area contributed by atoms with E-state index in [2.05, 4.69) is 27.4 Å². The largest absolute Gasteiger partial charge is 0.465 e. The topological polar surface area (TPSA) is 79.5 Å². The first-order valence-corrected chi connectivity index (χ1v) is 10.0. The maximum absolute atomic E-state index is 11.3. The van der Waals surface area contributed by atoms with Crippen molar-refractivity contribution in [3.05, 3.63) is 65.5 Å². The first-order chi connectivity index (χ1) is 13.6. The molecular formula is C21H23ClN4O2. The maximum atomic E-state index is 11.3. The number of halogens is 1. The molecule has 0 spiro atoms. The number of rotatable bonds is 5. The molecule has 0 aliphatic heterocycles. The van der Waals surface area contributed by atoms with Crippen LogP contribution in [0, 0.1) is 5.92 Å². The first-order valence-electron chi connectivity index (χ1n) is 9.62. The summed E-state index contributed by atoms with van der Waals surface area (Å²) in [6.45, 7) is 0. The van der Waals surface area contributed by atoms with Crippen LogP contribution in [-0.2, 0) is 6.42 Å². The summed E-state index contributed by atoms with van der Waals surface area (Å²) in [6, 6.07) is 10.00. The highest BCUT2D eigenvalue weighted by atomic mass is 35.5. The second-order valence-corrected chi connectivity index (χ2v) is 7.81. The standard InChI is InChI=1S/C21H23ClN4O2/c22-19-18-13-24-20(26(18)11-10-23-19)16-8-6-15(7-9-16)17(25-21(27)28)12-14-4-2-1-3-5-14/h1-5,10-11,13,15-17,25H,6-9,12H2,(H,27,28). The van der Waals surface area contributed by atoms with Crippen molar-refractivity contribution in [2.75, 3.05) is 0 Å². The van der Waals surface area contributed by atoms with Crippen LogP contribution in [0.25, 0.3) is 5.52 Å². The molecule has 1 aliphatic carbocycles. The molecule has 3 aromatic rings. The molecule has 28 heavy (non-hydrogen) atoms. The Hall–Kier alpha value is -2.60. The number of carbonyl (C=O) groups is 1. The number of nitrogens with one attached hydrogen (secondary N) is 1. The fourth-order valence-electron chi connectivity index (χ4n) is 4.36. The van der Waals surface area contributed by atoms with Crippen molar-refractivity contribution in [2.24, 2.45) is 5.92 Å². The Balaban J connectivity index is 1.46. The normalized spacial score (nSPS) is 20.8. The van der Waals surface area contributed by atoms with Crippen LogP contribution in [0.15, 0.2) is 48.9 Å². The van der Waals surface area contributed by atoms with Gasteiger partial charge >= 0.3 is 6.09 Å². The number of nitrogens with zero attached hydrogens (tertiary/aromatic N) is 3. The zero-order valence-electron chi connectivity index (χ0n) is 15.5. The molecule has 1 aliphatic rings. The van der Waals surface area contributed by atoms with Gasteiger partial charge in [-0.1, -0.05) is 41.9 Å². The molecule has 1 aromatic carbocycles. The smallest absolute Gasteiger partial charge is 0.404 e. The van der Waals surface area contributed by atoms with Gasteiger partial charge in [0.1, 0.15) is 11.3 Å². The lowest BCUT2D eigenvalue weighted by molar-refractivity contribution is 0.176. The molecule has 0 bridgehead atoms. The van der Waals surface area contributed by atoms with Crippen LogP contribution in [-0.4, -0.2) is 31.6 Å². The Bertz CT molecular complexity index is 951. The lowest BCUT2D eigenvalue weighted by Crippen LogP contribution is -2.42. The number of hydrogen-bond acceptors (Lipinski definition) is 3. The quantitative estimate of drug-likeness (QED) is 0.661. The number of benzene rings is 1. The molecule has 0 radical (unpaired) electrons. The summed E-state index contributed by atoms with van der Waals surface area (Å²) in [4.78, 5) is 20.0. The minimum Gasteiger partial charge on any atom is -0.465 e. The maximum Gasteiger partial charge on any atom is 0.404 e. The Morgan fingerprint density at radius 1 is 1.21 bits per heavy atom. The monoisotopic (exact) mass is 398 g/mol. The summed E-state index contributed by atoms with van der Waals surface area (Å²) in [5.41, 5.74) is 1.99. The second kappa shape index (κ2) is 8.19. The summed E-state index contributed by atoms with van der Waals surface area (Å²) in [6.07, 6.45) is 9.04. The lowest BCUT2D eigenvalue weighted by atomic mass is 9.76. The average Bonchev–Trinajstić information content (AvgIpc) is 3.14. The van der Waals surface area contributed by atoms with Gasteiger partial charge in [0.25, 0.3) is 0 Å². The van der Waals surface area contributed by atoms with E-state index < -0.39 is 6.09 Å². The van der Waals surface area contributed by atoms with E-state index >= 15 is 0 Å². The number of aromatic nitrogens is 3. The molecule has 1 atom stereocenters. The van der Waals surface area contributed by atoms with Gasteiger partial charge in [-0.3, -0.25) is 4.40 Å². The highest BCUT2D eigenvalue weighted by molar-refractivity contribution is 6.32. The molecule has 0 saturated heterocycles. The van der Waals surface area contributed by atoms with E-state index in [0.29, 0.717) is 17.0 Å². The molecule has 6 nitrogen and oxygen atoms in total. The van der Waals surface area contributed by atoms with Crippen molar-refractivity contribution in [1.29, 1.82) is 0 Å². The minimum absolute atomic E-state index is 0.0727. The van der Waals surface area contributed by atoms with E-state index in [1.54, 1.807) is 12.4 Å². The molecular weight excluding hydrogens is 376 g/mol. The third-order valence-electron chi connectivity index (χ3n) is 5.75. The van der Waals surface area contributed by atoms with Gasteiger partial charge in [0.05, 0.1) is 6.20 Å². The van der Waals surface area contributed by atoms with Crippen molar-refractivity contribution in [2.45, 2.75) is 44.1 Å². The fraction of sp³-hybridized carbons (Fsp3) is 0.381. The predicted octanol–water partition coefficient (Wildman–Crippen LogP) is 4.54. The van der Waals surface area contributed by atoms with Crippen molar-refractivity contribution in [3.8, 4) is 0 Å². The average molecular weight is 399 g/mol. The third-order valence-corrected chi connectivity index (χ3v) is 6.04. The summed E-state index contributed by atoms with van der Waals surface area (Å²) in [5, 5.41) is 12.5. The highest BCUT2D eigenvalue weighted by Gasteiger charge is 2.31. The number of amides is 1. The molecule has 2 aromatic heterocycles. The Kier molecular flexibility index (Phi) is 5.48. The Morgan fingerprint density at radius 3 is 2.68 bits per heavy atom. The molecule has 1 saturated carbocycles. The van der Waals surface area contributed by atoms with Crippen LogP contribution in [0.4, 0.5) is 4.79 Å². The van der Waals surface area contributed by atoms with Crippen molar-refractivity contribution in [1.82, 2.24) is 19.7 Å². The summed E-state index contributed by atoms with van der Waals surface area (Å²) in [7, 11) is 0. The molecule has 2 N–H and O–H groups in total. The third kappa shape index (κ3) is 3.97. The van der Waals surface area contributed by atoms with Crippen LogP contribution in [0.5, 0.6) is 0 Å². The lowest BCUT2D eigenvalue weighted by Gasteiger charge is -2.33. The minimum atomic E-state index is -0.954. The van der Waals surface area contributed by atoms with Crippen LogP contribution in [0.3, 0.4) is 0 Å². The number of fused-ring (bicyclic) bond motifs is 1. The molecule has 1 amide bonds. The van der Waals surface area contributed by atoms with Crippen LogP contribution in [0.1, 0.15) is 43.0 Å². The van der Waals surface area contributed by atoms with E-state index in [1.807, 2.05) is 28.8 Å². The van der Waals surface area contributed by atoms with Crippen LogP contribution < -0.4 is 5.32 Å². The summed E-state index contributed by atoms with van der Waals surface area (Å²) >= 11 is 6.16. The number of hydrogen-bond donors (Lipinski definition) is 2. The van der Waals surface area contributed by atoms with Gasteiger partial charge < -0.3 is 10.4 Å². The zero-order valence-corrected chi connectivity index (χ0v) is 16.2. The van der Waals surface area contributed by atoms with E-state index in [-0.39, 0.29) is 6.04 Å². The predicted molar refractivity (Wildman–Crippen MR) is 108 cm³/mol. The highest BCUT2D eigenvalue weighted by Crippen LogP contribution is 2.37. The Labute approximate surface area is 168 Å².